The lowest BCUT2D eigenvalue weighted by molar-refractivity contribution is 0.489. The van der Waals surface area contributed by atoms with E-state index in [0.29, 0.717) is 11.8 Å². The largest absolute Gasteiger partial charge is 0.356 e. The van der Waals surface area contributed by atoms with Crippen molar-refractivity contribution in [2.45, 2.75) is 44.4 Å². The SMILES string of the molecule is Cc1nc(C2CCCN(c3cc(C4CC4)ncn3)C2)n[nH]1. The van der Waals surface area contributed by atoms with E-state index in [-0.39, 0.29) is 0 Å². The zero-order chi connectivity index (χ0) is 14.2. The van der Waals surface area contributed by atoms with Crippen LogP contribution in [0.3, 0.4) is 0 Å². The lowest BCUT2D eigenvalue weighted by atomic mass is 9.97. The van der Waals surface area contributed by atoms with Crippen molar-refractivity contribution in [1.29, 1.82) is 0 Å². The van der Waals surface area contributed by atoms with Crippen LogP contribution in [-0.2, 0) is 0 Å². The van der Waals surface area contributed by atoms with E-state index in [1.807, 2.05) is 6.92 Å². The Balaban J connectivity index is 1.53. The van der Waals surface area contributed by atoms with E-state index in [1.54, 1.807) is 6.33 Å². The van der Waals surface area contributed by atoms with Crippen molar-refractivity contribution in [3.8, 4) is 0 Å². The fourth-order valence-electron chi connectivity index (χ4n) is 3.08. The zero-order valence-electron chi connectivity index (χ0n) is 12.3. The second-order valence-electron chi connectivity index (χ2n) is 6.14. The maximum Gasteiger partial charge on any atom is 0.155 e. The molecule has 2 fully saturated rings. The average molecular weight is 284 g/mol. The number of hydrogen-bond donors (Lipinski definition) is 1. The number of aryl methyl sites for hydroxylation is 1. The Morgan fingerprint density at radius 1 is 1.19 bits per heavy atom. The monoisotopic (exact) mass is 284 g/mol. The Bertz CT molecular complexity index is 633. The van der Waals surface area contributed by atoms with Gasteiger partial charge in [-0.25, -0.2) is 15.0 Å². The van der Waals surface area contributed by atoms with Gasteiger partial charge < -0.3 is 4.90 Å². The van der Waals surface area contributed by atoms with Gasteiger partial charge in [0.05, 0.1) is 0 Å². The van der Waals surface area contributed by atoms with E-state index in [9.17, 15) is 0 Å². The van der Waals surface area contributed by atoms with Crippen LogP contribution in [0.5, 0.6) is 0 Å². The van der Waals surface area contributed by atoms with Gasteiger partial charge in [0.1, 0.15) is 18.0 Å². The normalized spacial score (nSPS) is 22.5. The molecule has 0 amide bonds. The first kappa shape index (κ1) is 12.7. The maximum atomic E-state index is 4.49. The summed E-state index contributed by atoms with van der Waals surface area (Å²) in [5, 5.41) is 7.28. The summed E-state index contributed by atoms with van der Waals surface area (Å²) in [6.07, 6.45) is 6.56. The van der Waals surface area contributed by atoms with Gasteiger partial charge in [0.25, 0.3) is 0 Å². The van der Waals surface area contributed by atoms with Gasteiger partial charge in [-0.1, -0.05) is 0 Å². The Morgan fingerprint density at radius 3 is 2.86 bits per heavy atom. The van der Waals surface area contributed by atoms with Crippen LogP contribution in [-0.4, -0.2) is 38.2 Å². The summed E-state index contributed by atoms with van der Waals surface area (Å²) in [6, 6.07) is 2.17. The Morgan fingerprint density at radius 2 is 2.10 bits per heavy atom. The number of piperidine rings is 1. The minimum Gasteiger partial charge on any atom is -0.356 e. The molecule has 0 radical (unpaired) electrons. The molecular weight excluding hydrogens is 264 g/mol. The molecule has 1 atom stereocenters. The minimum atomic E-state index is 0.392. The van der Waals surface area contributed by atoms with Gasteiger partial charge in [-0.2, -0.15) is 5.10 Å². The minimum absolute atomic E-state index is 0.392. The van der Waals surface area contributed by atoms with Crippen molar-refractivity contribution >= 4 is 5.82 Å². The number of nitrogens with one attached hydrogen (secondary N) is 1. The molecule has 3 heterocycles. The van der Waals surface area contributed by atoms with Gasteiger partial charge in [0.2, 0.25) is 0 Å². The van der Waals surface area contributed by atoms with E-state index in [4.69, 9.17) is 0 Å². The third-order valence-electron chi connectivity index (χ3n) is 4.39. The molecule has 6 nitrogen and oxygen atoms in total. The Hall–Kier alpha value is -1.98. The van der Waals surface area contributed by atoms with Crippen LogP contribution in [0, 0.1) is 6.92 Å². The lowest BCUT2D eigenvalue weighted by Gasteiger charge is -2.32. The molecule has 110 valence electrons. The maximum absolute atomic E-state index is 4.49. The van der Waals surface area contributed by atoms with Gasteiger partial charge >= 0.3 is 0 Å². The Labute approximate surface area is 124 Å². The molecule has 1 aliphatic heterocycles. The van der Waals surface area contributed by atoms with Gasteiger partial charge in [-0.3, -0.25) is 5.10 Å². The molecule has 2 aliphatic rings. The Kier molecular flexibility index (Phi) is 3.09. The number of aromatic nitrogens is 5. The molecule has 21 heavy (non-hydrogen) atoms. The number of rotatable bonds is 3. The van der Waals surface area contributed by atoms with Gasteiger partial charge in [0.15, 0.2) is 5.82 Å². The lowest BCUT2D eigenvalue weighted by Crippen LogP contribution is -2.35. The highest BCUT2D eigenvalue weighted by molar-refractivity contribution is 5.41. The zero-order valence-corrected chi connectivity index (χ0v) is 12.3. The quantitative estimate of drug-likeness (QED) is 0.935. The van der Waals surface area contributed by atoms with Crippen molar-refractivity contribution < 1.29 is 0 Å². The number of anilines is 1. The fraction of sp³-hybridized carbons (Fsp3) is 0.600. The van der Waals surface area contributed by atoms with Crippen LogP contribution in [0.1, 0.15) is 54.9 Å². The smallest absolute Gasteiger partial charge is 0.155 e. The highest BCUT2D eigenvalue weighted by Crippen LogP contribution is 2.39. The molecule has 1 saturated heterocycles. The van der Waals surface area contributed by atoms with E-state index in [1.165, 1.54) is 18.5 Å². The van der Waals surface area contributed by atoms with Crippen LogP contribution in [0.15, 0.2) is 12.4 Å². The molecule has 2 aromatic heterocycles. The van der Waals surface area contributed by atoms with Crippen LogP contribution >= 0.6 is 0 Å². The second-order valence-corrected chi connectivity index (χ2v) is 6.14. The molecule has 2 aromatic rings. The van der Waals surface area contributed by atoms with Crippen molar-refractivity contribution in [3.63, 3.8) is 0 Å². The standard InChI is InChI=1S/C15H20N6/c1-10-18-15(20-19-10)12-3-2-6-21(8-12)14-7-13(11-4-5-11)16-9-17-14/h7,9,11-12H,2-6,8H2,1H3,(H,18,19,20). The average Bonchev–Trinajstić information content (AvgIpc) is 3.29. The van der Waals surface area contributed by atoms with Crippen molar-refractivity contribution in [3.05, 3.63) is 29.7 Å². The molecule has 1 saturated carbocycles. The van der Waals surface area contributed by atoms with E-state index in [0.717, 1.165) is 43.4 Å². The number of aromatic amines is 1. The summed E-state index contributed by atoms with van der Waals surface area (Å²) in [5.41, 5.74) is 1.20. The fourth-order valence-corrected chi connectivity index (χ4v) is 3.08. The highest BCUT2D eigenvalue weighted by Gasteiger charge is 2.28. The summed E-state index contributed by atoms with van der Waals surface area (Å²) in [7, 11) is 0. The van der Waals surface area contributed by atoms with Crippen LogP contribution in [0.4, 0.5) is 5.82 Å². The molecule has 0 aromatic carbocycles. The first-order valence-electron chi connectivity index (χ1n) is 7.75. The molecule has 4 rings (SSSR count). The van der Waals surface area contributed by atoms with Gasteiger partial charge in [-0.05, 0) is 32.6 Å². The second kappa shape index (κ2) is 5.09. The summed E-state index contributed by atoms with van der Waals surface area (Å²) in [5.74, 6) is 3.95. The summed E-state index contributed by atoms with van der Waals surface area (Å²) >= 11 is 0. The van der Waals surface area contributed by atoms with Crippen molar-refractivity contribution in [2.75, 3.05) is 18.0 Å². The third-order valence-corrected chi connectivity index (χ3v) is 4.39. The third kappa shape index (κ3) is 2.62. The molecular formula is C15H20N6. The summed E-state index contributed by atoms with van der Waals surface area (Å²) in [4.78, 5) is 15.7. The van der Waals surface area contributed by atoms with E-state index < -0.39 is 0 Å². The van der Waals surface area contributed by atoms with Crippen molar-refractivity contribution in [2.24, 2.45) is 0 Å². The topological polar surface area (TPSA) is 70.6 Å². The summed E-state index contributed by atoms with van der Waals surface area (Å²) in [6.45, 7) is 3.95. The van der Waals surface area contributed by atoms with Crippen LogP contribution in [0.2, 0.25) is 0 Å². The molecule has 0 bridgehead atoms. The number of nitrogens with zero attached hydrogens (tertiary/aromatic N) is 5. The predicted octanol–water partition coefficient (Wildman–Crippen LogP) is 2.16. The summed E-state index contributed by atoms with van der Waals surface area (Å²) < 4.78 is 0. The first-order chi connectivity index (χ1) is 10.3. The van der Waals surface area contributed by atoms with Gasteiger partial charge in [0, 0.05) is 36.7 Å². The molecule has 1 aliphatic carbocycles. The number of H-pyrrole nitrogens is 1. The highest BCUT2D eigenvalue weighted by atomic mass is 15.2. The number of hydrogen-bond acceptors (Lipinski definition) is 5. The van der Waals surface area contributed by atoms with Crippen LogP contribution < -0.4 is 4.90 Å². The van der Waals surface area contributed by atoms with Crippen molar-refractivity contribution in [1.82, 2.24) is 25.1 Å². The molecule has 6 heteroatoms. The first-order valence-corrected chi connectivity index (χ1v) is 7.75. The molecule has 1 N–H and O–H groups in total. The van der Waals surface area contributed by atoms with Gasteiger partial charge in [-0.15, -0.1) is 0 Å². The van der Waals surface area contributed by atoms with E-state index in [2.05, 4.69) is 36.1 Å². The molecule has 1 unspecified atom stereocenters. The van der Waals surface area contributed by atoms with Crippen LogP contribution in [0.25, 0.3) is 0 Å². The molecule has 0 spiro atoms. The predicted molar refractivity (Wildman–Crippen MR) is 79.3 cm³/mol. The van der Waals surface area contributed by atoms with E-state index >= 15 is 0 Å².